The monoisotopic (exact) mass is 364 g/mol. The number of fused-ring (bicyclic) bond motifs is 1. The number of aromatic nitrogens is 5. The van der Waals surface area contributed by atoms with E-state index in [4.69, 9.17) is 0 Å². The topological polar surface area (TPSA) is 68.8 Å². The maximum Gasteiger partial charge on any atom is 0.223 e. The largest absolute Gasteiger partial charge is 0.338 e. The van der Waals surface area contributed by atoms with Crippen molar-refractivity contribution in [3.63, 3.8) is 0 Å². The quantitative estimate of drug-likeness (QED) is 0.696. The van der Waals surface area contributed by atoms with Crippen molar-refractivity contribution in [2.24, 2.45) is 7.05 Å². The number of hydrogen-bond donors (Lipinski definition) is 0. The third-order valence-electron chi connectivity index (χ3n) is 5.23. The van der Waals surface area contributed by atoms with Crippen molar-refractivity contribution in [3.05, 3.63) is 53.5 Å². The lowest BCUT2D eigenvalue weighted by molar-refractivity contribution is -0.132. The van der Waals surface area contributed by atoms with Gasteiger partial charge < -0.3 is 9.47 Å². The maximum atomic E-state index is 12.8. The molecule has 3 aromatic rings. The van der Waals surface area contributed by atoms with E-state index in [1.165, 1.54) is 11.3 Å². The van der Waals surface area contributed by atoms with Crippen LogP contribution in [-0.2, 0) is 37.8 Å². The maximum absolute atomic E-state index is 12.8. The van der Waals surface area contributed by atoms with Crippen LogP contribution in [0, 0.1) is 0 Å². The van der Waals surface area contributed by atoms with Crippen LogP contribution in [0.3, 0.4) is 0 Å². The van der Waals surface area contributed by atoms with Gasteiger partial charge >= 0.3 is 0 Å². The van der Waals surface area contributed by atoms with Crippen LogP contribution < -0.4 is 0 Å². The fourth-order valence-corrected chi connectivity index (χ4v) is 3.71. The van der Waals surface area contributed by atoms with Gasteiger partial charge in [0, 0.05) is 50.8 Å². The predicted molar refractivity (Wildman–Crippen MR) is 102 cm³/mol. The molecule has 1 aromatic carbocycles. The molecule has 1 aliphatic heterocycles. The second kappa shape index (κ2) is 7.34. The second-order valence-electron chi connectivity index (χ2n) is 6.89. The number of carbonyl (C=O) groups is 1. The lowest BCUT2D eigenvalue weighted by atomic mass is 10.0. The Hall–Kier alpha value is -2.96. The van der Waals surface area contributed by atoms with E-state index in [9.17, 15) is 4.79 Å². The van der Waals surface area contributed by atoms with Crippen LogP contribution in [0.4, 0.5) is 0 Å². The summed E-state index contributed by atoms with van der Waals surface area (Å²) in [7, 11) is 1.96. The Balaban J connectivity index is 1.53. The standard InChI is InChI=1S/C20H24N6O/c1-3-25-14-21-22-20(25)19-16-13-26(12-11-17(16)24(2)23-19)18(27)10-9-15-7-5-4-6-8-15/h4-8,14H,3,9-13H2,1-2H3. The molecule has 7 heteroatoms. The van der Waals surface area contributed by atoms with Gasteiger partial charge in [-0.2, -0.15) is 5.10 Å². The van der Waals surface area contributed by atoms with Crippen LogP contribution >= 0.6 is 0 Å². The van der Waals surface area contributed by atoms with Gasteiger partial charge in [-0.05, 0) is 18.9 Å². The zero-order valence-electron chi connectivity index (χ0n) is 15.8. The van der Waals surface area contributed by atoms with Gasteiger partial charge in [0.25, 0.3) is 0 Å². The molecule has 1 amide bonds. The van der Waals surface area contributed by atoms with Gasteiger partial charge in [0.2, 0.25) is 5.91 Å². The molecule has 2 aromatic heterocycles. The Labute approximate surface area is 158 Å². The van der Waals surface area contributed by atoms with Crippen molar-refractivity contribution in [3.8, 4) is 11.5 Å². The van der Waals surface area contributed by atoms with Crippen LogP contribution in [0.5, 0.6) is 0 Å². The molecule has 27 heavy (non-hydrogen) atoms. The lowest BCUT2D eigenvalue weighted by Gasteiger charge is -2.27. The van der Waals surface area contributed by atoms with E-state index in [-0.39, 0.29) is 5.91 Å². The molecule has 0 fully saturated rings. The Morgan fingerprint density at radius 3 is 2.81 bits per heavy atom. The summed E-state index contributed by atoms with van der Waals surface area (Å²) < 4.78 is 3.91. The van der Waals surface area contributed by atoms with Crippen molar-refractivity contribution in [1.29, 1.82) is 0 Å². The van der Waals surface area contributed by atoms with Crippen molar-refractivity contribution in [2.45, 2.75) is 39.3 Å². The molecule has 4 rings (SSSR count). The first-order valence-corrected chi connectivity index (χ1v) is 9.42. The molecule has 0 N–H and O–H groups in total. The Morgan fingerprint density at radius 2 is 2.04 bits per heavy atom. The van der Waals surface area contributed by atoms with E-state index >= 15 is 0 Å². The molecular formula is C20H24N6O. The number of hydrogen-bond acceptors (Lipinski definition) is 4. The van der Waals surface area contributed by atoms with Crippen molar-refractivity contribution in [1.82, 2.24) is 29.4 Å². The number of amides is 1. The summed E-state index contributed by atoms with van der Waals surface area (Å²) in [6, 6.07) is 10.2. The number of aryl methyl sites for hydroxylation is 3. The van der Waals surface area contributed by atoms with E-state index in [0.717, 1.165) is 43.0 Å². The molecule has 3 heterocycles. The SMILES string of the molecule is CCn1cnnc1-c1nn(C)c2c1CN(C(=O)CCc1ccccc1)CC2. The number of benzene rings is 1. The summed E-state index contributed by atoms with van der Waals surface area (Å²) in [5.74, 6) is 0.962. The van der Waals surface area contributed by atoms with Gasteiger partial charge in [-0.15, -0.1) is 10.2 Å². The molecule has 0 aliphatic carbocycles. The van der Waals surface area contributed by atoms with Crippen LogP contribution in [0.25, 0.3) is 11.5 Å². The first-order valence-electron chi connectivity index (χ1n) is 9.42. The molecule has 0 radical (unpaired) electrons. The molecule has 0 spiro atoms. The smallest absolute Gasteiger partial charge is 0.223 e. The van der Waals surface area contributed by atoms with E-state index in [0.29, 0.717) is 13.0 Å². The van der Waals surface area contributed by atoms with E-state index in [1.54, 1.807) is 6.33 Å². The highest BCUT2D eigenvalue weighted by Crippen LogP contribution is 2.29. The fourth-order valence-electron chi connectivity index (χ4n) is 3.71. The summed E-state index contributed by atoms with van der Waals surface area (Å²) in [6.07, 6.45) is 3.84. The average molecular weight is 364 g/mol. The second-order valence-corrected chi connectivity index (χ2v) is 6.89. The van der Waals surface area contributed by atoms with Gasteiger partial charge in [0.15, 0.2) is 5.82 Å². The third kappa shape index (κ3) is 3.37. The predicted octanol–water partition coefficient (Wildman–Crippen LogP) is 2.22. The molecule has 0 saturated carbocycles. The van der Waals surface area contributed by atoms with Gasteiger partial charge in [-0.1, -0.05) is 30.3 Å². The van der Waals surface area contributed by atoms with Gasteiger partial charge in [-0.3, -0.25) is 9.48 Å². The highest BCUT2D eigenvalue weighted by molar-refractivity contribution is 5.77. The van der Waals surface area contributed by atoms with E-state index < -0.39 is 0 Å². The first-order chi connectivity index (χ1) is 13.2. The summed E-state index contributed by atoms with van der Waals surface area (Å²) in [5.41, 5.74) is 4.32. The molecule has 0 unspecified atom stereocenters. The van der Waals surface area contributed by atoms with Crippen molar-refractivity contribution < 1.29 is 4.79 Å². The van der Waals surface area contributed by atoms with Gasteiger partial charge in [-0.25, -0.2) is 0 Å². The highest BCUT2D eigenvalue weighted by atomic mass is 16.2. The van der Waals surface area contributed by atoms with E-state index in [2.05, 4.69) is 34.4 Å². The summed E-state index contributed by atoms with van der Waals surface area (Å²) >= 11 is 0. The molecular weight excluding hydrogens is 340 g/mol. The minimum atomic E-state index is 0.191. The summed E-state index contributed by atoms with van der Waals surface area (Å²) in [5, 5.41) is 13.0. The summed E-state index contributed by atoms with van der Waals surface area (Å²) in [4.78, 5) is 14.7. The Bertz CT molecular complexity index is 943. The molecule has 0 bridgehead atoms. The van der Waals surface area contributed by atoms with Crippen molar-refractivity contribution in [2.75, 3.05) is 6.54 Å². The molecule has 0 atom stereocenters. The zero-order chi connectivity index (χ0) is 18.8. The fraction of sp³-hybridized carbons (Fsp3) is 0.400. The summed E-state index contributed by atoms with van der Waals surface area (Å²) in [6.45, 7) is 4.16. The lowest BCUT2D eigenvalue weighted by Crippen LogP contribution is -2.36. The molecule has 140 valence electrons. The normalized spacial score (nSPS) is 13.6. The van der Waals surface area contributed by atoms with Gasteiger partial charge in [0.05, 0.1) is 0 Å². The van der Waals surface area contributed by atoms with Crippen LogP contribution in [0.2, 0.25) is 0 Å². The minimum absolute atomic E-state index is 0.191. The minimum Gasteiger partial charge on any atom is -0.338 e. The third-order valence-corrected chi connectivity index (χ3v) is 5.23. The highest BCUT2D eigenvalue weighted by Gasteiger charge is 2.28. The van der Waals surface area contributed by atoms with Crippen molar-refractivity contribution >= 4 is 5.91 Å². The van der Waals surface area contributed by atoms with E-state index in [1.807, 2.05) is 39.4 Å². The number of rotatable bonds is 5. The molecule has 0 saturated heterocycles. The number of nitrogens with zero attached hydrogens (tertiary/aromatic N) is 6. The average Bonchev–Trinajstić information content (AvgIpc) is 3.30. The Morgan fingerprint density at radius 1 is 1.22 bits per heavy atom. The number of carbonyl (C=O) groups excluding carboxylic acids is 1. The Kier molecular flexibility index (Phi) is 4.75. The first kappa shape index (κ1) is 17.5. The van der Waals surface area contributed by atoms with Crippen LogP contribution in [0.1, 0.15) is 30.2 Å². The molecule has 7 nitrogen and oxygen atoms in total. The van der Waals surface area contributed by atoms with Crippen LogP contribution in [-0.4, -0.2) is 41.9 Å². The van der Waals surface area contributed by atoms with Crippen LogP contribution in [0.15, 0.2) is 36.7 Å². The van der Waals surface area contributed by atoms with Gasteiger partial charge in [0.1, 0.15) is 12.0 Å². The zero-order valence-corrected chi connectivity index (χ0v) is 15.8. The molecule has 1 aliphatic rings.